The van der Waals surface area contributed by atoms with Gasteiger partial charge in [-0.2, -0.15) is 0 Å². The third-order valence-electron chi connectivity index (χ3n) is 3.65. The summed E-state index contributed by atoms with van der Waals surface area (Å²) in [5, 5.41) is 5.22. The summed E-state index contributed by atoms with van der Waals surface area (Å²) in [5.74, 6) is -0.452. The summed E-state index contributed by atoms with van der Waals surface area (Å²) in [4.78, 5) is 30.5. The summed E-state index contributed by atoms with van der Waals surface area (Å²) in [7, 11) is 0. The quantitative estimate of drug-likeness (QED) is 0.407. The van der Waals surface area contributed by atoms with Gasteiger partial charge in [0.1, 0.15) is 5.01 Å². The maximum atomic E-state index is 12.8. The molecular formula is C19H24BrN3O4S. The highest BCUT2D eigenvalue weighted by Crippen LogP contribution is 2.18. The van der Waals surface area contributed by atoms with Crippen LogP contribution < -0.4 is 5.32 Å². The van der Waals surface area contributed by atoms with Gasteiger partial charge in [0.25, 0.3) is 0 Å². The Bertz CT molecular complexity index is 784. The number of benzene rings is 1. The molecule has 1 heterocycles. The lowest BCUT2D eigenvalue weighted by Crippen LogP contribution is -2.35. The van der Waals surface area contributed by atoms with Crippen LogP contribution in [0.4, 0.5) is 10.5 Å². The van der Waals surface area contributed by atoms with Crippen molar-refractivity contribution in [3.05, 3.63) is 44.8 Å². The number of carbonyl (C=O) groups excluding carboxylic acids is 2. The summed E-state index contributed by atoms with van der Waals surface area (Å²) in [6.45, 7) is 6.00. The highest BCUT2D eigenvalue weighted by atomic mass is 79.9. The van der Waals surface area contributed by atoms with E-state index in [4.69, 9.17) is 9.47 Å². The van der Waals surface area contributed by atoms with Crippen LogP contribution in [0, 0.1) is 0 Å². The minimum absolute atomic E-state index is 0.234. The highest BCUT2D eigenvalue weighted by molar-refractivity contribution is 9.10. The second kappa shape index (κ2) is 11.8. The number of urea groups is 1. The molecule has 2 rings (SSSR count). The zero-order chi connectivity index (χ0) is 20.4. The Morgan fingerprint density at radius 3 is 2.82 bits per heavy atom. The van der Waals surface area contributed by atoms with Crippen molar-refractivity contribution < 1.29 is 19.1 Å². The molecule has 0 unspecified atom stereocenters. The molecule has 0 fully saturated rings. The van der Waals surface area contributed by atoms with Crippen molar-refractivity contribution in [2.45, 2.75) is 26.8 Å². The zero-order valence-electron chi connectivity index (χ0n) is 15.9. The number of amides is 2. The number of carbonyl (C=O) groups is 2. The molecule has 0 radical (unpaired) electrons. The van der Waals surface area contributed by atoms with Crippen molar-refractivity contribution in [2.75, 3.05) is 31.7 Å². The van der Waals surface area contributed by atoms with Gasteiger partial charge < -0.3 is 19.7 Å². The lowest BCUT2D eigenvalue weighted by atomic mass is 10.3. The number of esters is 1. The first kappa shape index (κ1) is 22.3. The lowest BCUT2D eigenvalue weighted by molar-refractivity contribution is 0.0520. The predicted octanol–water partition coefficient (Wildman–Crippen LogP) is 4.54. The van der Waals surface area contributed by atoms with Gasteiger partial charge >= 0.3 is 12.0 Å². The number of hydrogen-bond donors (Lipinski definition) is 1. The number of nitrogens with one attached hydrogen (secondary N) is 1. The molecule has 9 heteroatoms. The van der Waals surface area contributed by atoms with Gasteiger partial charge in [0.15, 0.2) is 5.69 Å². The average Bonchev–Trinajstić information content (AvgIpc) is 3.13. The monoisotopic (exact) mass is 469 g/mol. The van der Waals surface area contributed by atoms with Gasteiger partial charge in [0, 0.05) is 35.3 Å². The second-order valence-corrected chi connectivity index (χ2v) is 7.62. The molecular weight excluding hydrogens is 446 g/mol. The molecule has 0 bridgehead atoms. The Kier molecular flexibility index (Phi) is 9.39. The Labute approximate surface area is 177 Å². The number of nitrogens with zero attached hydrogens (tertiary/aromatic N) is 2. The zero-order valence-corrected chi connectivity index (χ0v) is 18.3. The molecule has 0 aliphatic carbocycles. The van der Waals surface area contributed by atoms with E-state index in [1.807, 2.05) is 31.2 Å². The topological polar surface area (TPSA) is 80.8 Å². The summed E-state index contributed by atoms with van der Waals surface area (Å²) < 4.78 is 11.2. The number of hydrogen-bond acceptors (Lipinski definition) is 6. The molecule has 2 aromatic rings. The number of halogens is 1. The van der Waals surface area contributed by atoms with E-state index in [-0.39, 0.29) is 11.7 Å². The smallest absolute Gasteiger partial charge is 0.357 e. The van der Waals surface area contributed by atoms with Crippen molar-refractivity contribution in [3.63, 3.8) is 0 Å². The Hall–Kier alpha value is -1.97. The van der Waals surface area contributed by atoms with Gasteiger partial charge in [-0.3, -0.25) is 0 Å². The third kappa shape index (κ3) is 7.21. The molecule has 0 aliphatic rings. The number of rotatable bonds is 10. The normalized spacial score (nSPS) is 10.5. The predicted molar refractivity (Wildman–Crippen MR) is 113 cm³/mol. The van der Waals surface area contributed by atoms with Gasteiger partial charge in [-0.05, 0) is 38.5 Å². The summed E-state index contributed by atoms with van der Waals surface area (Å²) in [6.07, 6.45) is 0.704. The van der Waals surface area contributed by atoms with Gasteiger partial charge in [-0.15, -0.1) is 11.3 Å². The van der Waals surface area contributed by atoms with Gasteiger partial charge in [0.2, 0.25) is 0 Å². The van der Waals surface area contributed by atoms with Crippen molar-refractivity contribution >= 4 is 45.0 Å². The molecule has 2 amide bonds. The molecule has 1 aromatic carbocycles. The van der Waals surface area contributed by atoms with Crippen LogP contribution in [0.3, 0.4) is 0 Å². The van der Waals surface area contributed by atoms with Crippen LogP contribution in [0.1, 0.15) is 35.8 Å². The van der Waals surface area contributed by atoms with Crippen molar-refractivity contribution in [2.24, 2.45) is 0 Å². The fourth-order valence-electron chi connectivity index (χ4n) is 2.37. The van der Waals surface area contributed by atoms with Crippen molar-refractivity contribution in [1.29, 1.82) is 0 Å². The van der Waals surface area contributed by atoms with Crippen LogP contribution in [-0.2, 0) is 16.0 Å². The van der Waals surface area contributed by atoms with Crippen LogP contribution in [-0.4, -0.2) is 48.2 Å². The maximum Gasteiger partial charge on any atom is 0.357 e. The van der Waals surface area contributed by atoms with Crippen LogP contribution in [0.5, 0.6) is 0 Å². The third-order valence-corrected chi connectivity index (χ3v) is 4.97. The summed E-state index contributed by atoms with van der Waals surface area (Å²) >= 11 is 4.73. The maximum absolute atomic E-state index is 12.8. The molecule has 0 saturated carbocycles. The second-order valence-electron chi connectivity index (χ2n) is 5.76. The lowest BCUT2D eigenvalue weighted by Gasteiger charge is -2.22. The minimum atomic E-state index is -0.452. The fraction of sp³-hybridized carbons (Fsp3) is 0.421. The van der Waals surface area contributed by atoms with E-state index in [1.165, 1.54) is 11.3 Å². The molecule has 0 saturated heterocycles. The first-order chi connectivity index (χ1) is 13.5. The van der Waals surface area contributed by atoms with E-state index in [0.29, 0.717) is 50.0 Å². The van der Waals surface area contributed by atoms with E-state index >= 15 is 0 Å². The number of anilines is 1. The Morgan fingerprint density at radius 2 is 2.11 bits per heavy atom. The highest BCUT2D eigenvalue weighted by Gasteiger charge is 2.18. The molecule has 7 nitrogen and oxygen atoms in total. The standard InChI is InChI=1S/C19H24BrN3O4S/c1-3-26-10-6-9-23(19(25)21-15-8-5-7-14(20)11-15)12-17-22-16(13-28-17)18(24)27-4-2/h5,7-8,11,13H,3-4,6,9-10,12H2,1-2H3,(H,21,25). The summed E-state index contributed by atoms with van der Waals surface area (Å²) in [5.41, 5.74) is 0.962. The van der Waals surface area contributed by atoms with Crippen LogP contribution in [0.2, 0.25) is 0 Å². The van der Waals surface area contributed by atoms with Gasteiger partial charge in [-0.1, -0.05) is 22.0 Å². The Morgan fingerprint density at radius 1 is 1.29 bits per heavy atom. The molecule has 1 N–H and O–H groups in total. The number of ether oxygens (including phenoxy) is 2. The average molecular weight is 470 g/mol. The van der Waals surface area contributed by atoms with Crippen LogP contribution >= 0.6 is 27.3 Å². The van der Waals surface area contributed by atoms with E-state index in [9.17, 15) is 9.59 Å². The van der Waals surface area contributed by atoms with Crippen LogP contribution in [0.15, 0.2) is 34.1 Å². The first-order valence-corrected chi connectivity index (χ1v) is 10.7. The van der Waals surface area contributed by atoms with Gasteiger partial charge in [-0.25, -0.2) is 14.6 Å². The molecule has 0 spiro atoms. The first-order valence-electron chi connectivity index (χ1n) is 9.04. The summed E-state index contributed by atoms with van der Waals surface area (Å²) in [6, 6.07) is 7.16. The molecule has 0 aliphatic heterocycles. The molecule has 0 atom stereocenters. The van der Waals surface area contributed by atoms with E-state index in [1.54, 1.807) is 17.2 Å². The minimum Gasteiger partial charge on any atom is -0.461 e. The largest absolute Gasteiger partial charge is 0.461 e. The van der Waals surface area contributed by atoms with E-state index in [0.717, 1.165) is 4.47 Å². The molecule has 1 aromatic heterocycles. The molecule has 152 valence electrons. The van der Waals surface area contributed by atoms with Crippen LogP contribution in [0.25, 0.3) is 0 Å². The Balaban J connectivity index is 2.05. The van der Waals surface area contributed by atoms with Crippen molar-refractivity contribution in [1.82, 2.24) is 9.88 Å². The van der Waals surface area contributed by atoms with Gasteiger partial charge in [0.05, 0.1) is 13.2 Å². The SMILES string of the molecule is CCOCCCN(Cc1nc(C(=O)OCC)cs1)C(=O)Nc1cccc(Br)c1. The fourth-order valence-corrected chi connectivity index (χ4v) is 3.55. The van der Waals surface area contributed by atoms with Crippen molar-refractivity contribution in [3.8, 4) is 0 Å². The number of thiazole rings is 1. The van der Waals surface area contributed by atoms with E-state index in [2.05, 4.69) is 26.2 Å². The molecule has 28 heavy (non-hydrogen) atoms. The van der Waals surface area contributed by atoms with E-state index < -0.39 is 5.97 Å². The number of aromatic nitrogens is 1.